The van der Waals surface area contributed by atoms with Gasteiger partial charge in [-0.2, -0.15) is 5.10 Å². The fraction of sp³-hybridized carbons (Fsp3) is 0.308. The van der Waals surface area contributed by atoms with Gasteiger partial charge in [0.2, 0.25) is 0 Å². The second-order valence-corrected chi connectivity index (χ2v) is 4.61. The molecular weight excluding hydrogens is 236 g/mol. The Labute approximate surface area is 105 Å². The van der Waals surface area contributed by atoms with Crippen molar-refractivity contribution in [2.45, 2.75) is 25.5 Å². The van der Waals surface area contributed by atoms with Crippen LogP contribution in [0.4, 0.5) is 0 Å². The zero-order valence-electron chi connectivity index (χ0n) is 9.34. The van der Waals surface area contributed by atoms with Crippen molar-refractivity contribution in [3.05, 3.63) is 47.2 Å². The molecule has 1 saturated carbocycles. The predicted molar refractivity (Wildman–Crippen MR) is 66.3 cm³/mol. The Hall–Kier alpha value is -1.48. The van der Waals surface area contributed by atoms with Crippen molar-refractivity contribution < 1.29 is 4.74 Å². The molecule has 1 aromatic carbocycles. The first-order chi connectivity index (χ1) is 8.34. The Morgan fingerprint density at radius 1 is 1.29 bits per heavy atom. The summed E-state index contributed by atoms with van der Waals surface area (Å²) in [7, 11) is 0. The monoisotopic (exact) mass is 248 g/mol. The van der Waals surface area contributed by atoms with Gasteiger partial charge in [0.15, 0.2) is 10.9 Å². The zero-order chi connectivity index (χ0) is 11.7. The van der Waals surface area contributed by atoms with Gasteiger partial charge in [0.1, 0.15) is 6.61 Å². The van der Waals surface area contributed by atoms with Crippen LogP contribution in [-0.4, -0.2) is 9.78 Å². The molecule has 17 heavy (non-hydrogen) atoms. The number of hydrogen-bond donors (Lipinski definition) is 0. The van der Waals surface area contributed by atoms with Gasteiger partial charge < -0.3 is 4.74 Å². The van der Waals surface area contributed by atoms with Gasteiger partial charge in [-0.3, -0.25) is 0 Å². The van der Waals surface area contributed by atoms with E-state index in [0.29, 0.717) is 23.6 Å². The Morgan fingerprint density at radius 3 is 2.76 bits per heavy atom. The molecule has 1 heterocycles. The average Bonchev–Trinajstić information content (AvgIpc) is 3.13. The quantitative estimate of drug-likeness (QED) is 0.829. The van der Waals surface area contributed by atoms with Crippen LogP contribution in [-0.2, 0) is 6.61 Å². The highest BCUT2D eigenvalue weighted by Crippen LogP contribution is 2.39. The molecular formula is C13H13ClN2O. The summed E-state index contributed by atoms with van der Waals surface area (Å²) in [5, 5.41) is 4.86. The molecule has 0 aliphatic heterocycles. The summed E-state index contributed by atoms with van der Waals surface area (Å²) in [6, 6.07) is 10.5. The van der Waals surface area contributed by atoms with Gasteiger partial charge >= 0.3 is 0 Å². The Bertz CT molecular complexity index is 505. The van der Waals surface area contributed by atoms with Crippen LogP contribution in [0.3, 0.4) is 0 Å². The first-order valence-electron chi connectivity index (χ1n) is 5.74. The minimum Gasteiger partial charge on any atom is -0.484 e. The molecule has 88 valence electrons. The number of nitrogens with zero attached hydrogens (tertiary/aromatic N) is 2. The molecule has 0 spiro atoms. The van der Waals surface area contributed by atoms with Crippen molar-refractivity contribution in [2.75, 3.05) is 0 Å². The lowest BCUT2D eigenvalue weighted by Crippen LogP contribution is -1.97. The van der Waals surface area contributed by atoms with Gasteiger partial charge in [0, 0.05) is 0 Å². The maximum absolute atomic E-state index is 6.20. The topological polar surface area (TPSA) is 27.1 Å². The number of aromatic nitrogens is 2. The normalized spacial score (nSPS) is 14.9. The molecule has 1 aromatic heterocycles. The molecule has 0 saturated heterocycles. The summed E-state index contributed by atoms with van der Waals surface area (Å²) in [6.07, 6.45) is 4.03. The standard InChI is InChI=1S/C13H13ClN2O/c14-13-12(8-15-16(13)11-6-7-11)17-9-10-4-2-1-3-5-10/h1-5,8,11H,6-7,9H2. The summed E-state index contributed by atoms with van der Waals surface area (Å²) in [5.74, 6) is 0.669. The number of ether oxygens (including phenoxy) is 1. The lowest BCUT2D eigenvalue weighted by Gasteiger charge is -2.05. The summed E-state index contributed by atoms with van der Waals surface area (Å²) in [4.78, 5) is 0. The minimum absolute atomic E-state index is 0.483. The van der Waals surface area contributed by atoms with Crippen molar-refractivity contribution in [3.63, 3.8) is 0 Å². The molecule has 0 atom stereocenters. The van der Waals surface area contributed by atoms with Crippen molar-refractivity contribution in [1.29, 1.82) is 0 Å². The van der Waals surface area contributed by atoms with Crippen LogP contribution < -0.4 is 4.74 Å². The molecule has 1 aliphatic carbocycles. The maximum atomic E-state index is 6.20. The molecule has 3 nitrogen and oxygen atoms in total. The Morgan fingerprint density at radius 2 is 2.06 bits per heavy atom. The van der Waals surface area contributed by atoms with Gasteiger partial charge in [0.05, 0.1) is 12.2 Å². The molecule has 2 aromatic rings. The number of halogens is 1. The lowest BCUT2D eigenvalue weighted by atomic mass is 10.2. The van der Waals surface area contributed by atoms with Gasteiger partial charge in [-0.25, -0.2) is 4.68 Å². The van der Waals surface area contributed by atoms with E-state index >= 15 is 0 Å². The fourth-order valence-corrected chi connectivity index (χ4v) is 2.02. The van der Waals surface area contributed by atoms with E-state index in [-0.39, 0.29) is 0 Å². The average molecular weight is 249 g/mol. The van der Waals surface area contributed by atoms with Crippen molar-refractivity contribution >= 4 is 11.6 Å². The summed E-state index contributed by atoms with van der Waals surface area (Å²) >= 11 is 6.20. The van der Waals surface area contributed by atoms with E-state index in [1.54, 1.807) is 6.20 Å². The summed E-state index contributed by atoms with van der Waals surface area (Å²) in [5.41, 5.74) is 1.13. The van der Waals surface area contributed by atoms with Gasteiger partial charge in [-0.1, -0.05) is 41.9 Å². The van der Waals surface area contributed by atoms with Crippen molar-refractivity contribution in [3.8, 4) is 5.75 Å². The van der Waals surface area contributed by atoms with Crippen LogP contribution in [0.1, 0.15) is 24.4 Å². The molecule has 3 rings (SSSR count). The molecule has 0 bridgehead atoms. The summed E-state index contributed by atoms with van der Waals surface area (Å²) in [6.45, 7) is 0.525. The van der Waals surface area contributed by atoms with E-state index in [1.807, 2.05) is 35.0 Å². The zero-order valence-corrected chi connectivity index (χ0v) is 10.1. The number of benzene rings is 1. The third kappa shape index (κ3) is 2.29. The third-order valence-electron chi connectivity index (χ3n) is 2.83. The minimum atomic E-state index is 0.483. The van der Waals surface area contributed by atoms with E-state index in [0.717, 1.165) is 5.56 Å². The highest BCUT2D eigenvalue weighted by atomic mass is 35.5. The Balaban J connectivity index is 1.69. The number of hydrogen-bond acceptors (Lipinski definition) is 2. The highest BCUT2D eigenvalue weighted by molar-refractivity contribution is 6.31. The van der Waals surface area contributed by atoms with Gasteiger partial charge in [-0.05, 0) is 18.4 Å². The smallest absolute Gasteiger partial charge is 0.176 e. The second-order valence-electron chi connectivity index (χ2n) is 4.25. The fourth-order valence-electron chi connectivity index (χ4n) is 1.74. The van der Waals surface area contributed by atoms with Crippen molar-refractivity contribution in [2.24, 2.45) is 0 Å². The highest BCUT2D eigenvalue weighted by Gasteiger charge is 2.27. The second kappa shape index (κ2) is 4.41. The predicted octanol–water partition coefficient (Wildman–Crippen LogP) is 3.45. The SMILES string of the molecule is Clc1c(OCc2ccccc2)cnn1C1CC1. The number of rotatable bonds is 4. The lowest BCUT2D eigenvalue weighted by molar-refractivity contribution is 0.306. The van der Waals surface area contributed by atoms with Crippen LogP contribution >= 0.6 is 11.6 Å². The summed E-state index contributed by atoms with van der Waals surface area (Å²) < 4.78 is 7.52. The van der Waals surface area contributed by atoms with E-state index in [4.69, 9.17) is 16.3 Å². The largest absolute Gasteiger partial charge is 0.484 e. The van der Waals surface area contributed by atoms with Crippen LogP contribution in [0.15, 0.2) is 36.5 Å². The maximum Gasteiger partial charge on any atom is 0.176 e. The van der Waals surface area contributed by atoms with Crippen LogP contribution in [0.5, 0.6) is 5.75 Å². The van der Waals surface area contributed by atoms with E-state index in [2.05, 4.69) is 5.10 Å². The van der Waals surface area contributed by atoms with Crippen molar-refractivity contribution in [1.82, 2.24) is 9.78 Å². The Kier molecular flexibility index (Phi) is 2.77. The molecule has 1 aliphatic rings. The van der Waals surface area contributed by atoms with Gasteiger partial charge in [-0.15, -0.1) is 0 Å². The van der Waals surface area contributed by atoms with E-state index in [9.17, 15) is 0 Å². The molecule has 0 amide bonds. The molecule has 0 N–H and O–H groups in total. The first-order valence-corrected chi connectivity index (χ1v) is 6.12. The van der Waals surface area contributed by atoms with Crippen LogP contribution in [0, 0.1) is 0 Å². The third-order valence-corrected chi connectivity index (χ3v) is 3.19. The van der Waals surface area contributed by atoms with Crippen LogP contribution in [0.25, 0.3) is 0 Å². The molecule has 0 radical (unpaired) electrons. The first kappa shape index (κ1) is 10.7. The van der Waals surface area contributed by atoms with Gasteiger partial charge in [0.25, 0.3) is 0 Å². The van der Waals surface area contributed by atoms with E-state index in [1.165, 1.54) is 12.8 Å². The molecule has 1 fully saturated rings. The molecule has 0 unspecified atom stereocenters. The van der Waals surface area contributed by atoms with E-state index < -0.39 is 0 Å². The molecule has 4 heteroatoms. The van der Waals surface area contributed by atoms with Crippen LogP contribution in [0.2, 0.25) is 5.15 Å².